The molecule has 0 saturated heterocycles. The Morgan fingerprint density at radius 1 is 0.558 bits per heavy atom. The number of aliphatic carboxylic acids is 1. The number of fused-ring (bicyclic) bond motifs is 2. The maximum Gasteiger partial charge on any atom is 0.328 e. The van der Waals surface area contributed by atoms with Gasteiger partial charge in [-0.2, -0.15) is 0 Å². The molecule has 11 nitrogen and oxygen atoms in total. The van der Waals surface area contributed by atoms with Crippen LogP contribution in [0.2, 0.25) is 0 Å². The van der Waals surface area contributed by atoms with E-state index in [0.717, 1.165) is 119 Å². The van der Waals surface area contributed by atoms with Gasteiger partial charge in [0.15, 0.2) is 0 Å². The number of carbonyl (C=O) groups excluding carboxylic acids is 1. The quantitative estimate of drug-likeness (QED) is 0.0277. The number of ether oxygens (including phenoxy) is 4. The van der Waals surface area contributed by atoms with Crippen LogP contribution in [-0.4, -0.2) is 57.1 Å². The van der Waals surface area contributed by atoms with Crippen molar-refractivity contribution in [3.05, 3.63) is 44.5 Å². The summed E-state index contributed by atoms with van der Waals surface area (Å²) in [5.41, 5.74) is 13.8. The number of aromatic hydroxyl groups is 1. The summed E-state index contributed by atoms with van der Waals surface area (Å²) in [6.07, 6.45) is 27.9. The Morgan fingerprint density at radius 2 is 0.930 bits per heavy atom. The number of rotatable bonds is 32. The molecule has 8 atom stereocenters. The molecule has 4 N–H and O–H groups in total. The second-order valence-electron chi connectivity index (χ2n) is 30.6. The van der Waals surface area contributed by atoms with Crippen LogP contribution in [0.5, 0.6) is 23.0 Å². The standard InChI is InChI=1S/C35H61NO3.C29H50O2.C11H21NO4/c1-23(2)14-11-15-25(5)16-12-17-26(6)18-13-20-35(10)21-19-30-29(9)32(27(7)28(8)33(30)39-35)38-34(37)31(36)22-24(3)4;1-20(2)12-9-13-21(3)14-10-15-22(4)16-11-18-29(8)19-17-26-25(7)27(30)23(5)24(6)28(26)31-29;1-7(2)6-8(9(13)14)12-10(15)16-11(3,4)5/h23-26,31H,11-22,36H2,1-10H3;20-22,30H,9-19H2,1-8H3;7-8H,6H2,1-5H3,(H,12,15)(H,13,14)/p-1. The molecule has 4 rings (SSSR count). The first kappa shape index (κ1) is 78.1. The average molecular weight is 1200 g/mol. The van der Waals surface area contributed by atoms with Crippen LogP contribution in [0.3, 0.4) is 0 Å². The summed E-state index contributed by atoms with van der Waals surface area (Å²) < 4.78 is 24.2. The highest BCUT2D eigenvalue weighted by Gasteiger charge is 2.36. The number of phenols is 1. The van der Waals surface area contributed by atoms with Gasteiger partial charge in [-0.15, -0.1) is 0 Å². The van der Waals surface area contributed by atoms with E-state index in [2.05, 4.69) is 109 Å². The third-order valence-electron chi connectivity index (χ3n) is 18.6. The van der Waals surface area contributed by atoms with Crippen LogP contribution in [0.1, 0.15) is 303 Å². The molecule has 0 aromatic heterocycles. The zero-order valence-corrected chi connectivity index (χ0v) is 59.5. The Kier molecular flexibility index (Phi) is 33.8. The van der Waals surface area contributed by atoms with Gasteiger partial charge in [-0.1, -0.05) is 194 Å². The number of carboxylic acid groups (broad SMARTS) is 1. The van der Waals surface area contributed by atoms with Crippen LogP contribution in [0.25, 0.3) is 0 Å². The van der Waals surface area contributed by atoms with Gasteiger partial charge in [0.1, 0.15) is 52.4 Å². The van der Waals surface area contributed by atoms with Crippen molar-refractivity contribution >= 4 is 18.0 Å². The lowest BCUT2D eigenvalue weighted by atomic mass is 9.83. The van der Waals surface area contributed by atoms with Crippen molar-refractivity contribution in [3.8, 4) is 23.0 Å². The molecule has 496 valence electrons. The van der Waals surface area contributed by atoms with Crippen LogP contribution < -0.4 is 25.1 Å². The summed E-state index contributed by atoms with van der Waals surface area (Å²) in [5, 5.41) is 30.6. The molecule has 86 heavy (non-hydrogen) atoms. The molecule has 2 heterocycles. The highest BCUT2D eigenvalue weighted by atomic mass is 16.6. The zero-order valence-electron chi connectivity index (χ0n) is 59.5. The van der Waals surface area contributed by atoms with E-state index < -0.39 is 29.7 Å². The maximum absolute atomic E-state index is 12.7. The molecule has 8 unspecified atom stereocenters. The third-order valence-corrected chi connectivity index (χ3v) is 18.6. The fourth-order valence-corrected chi connectivity index (χ4v) is 12.5. The van der Waals surface area contributed by atoms with E-state index in [1.54, 1.807) is 20.8 Å². The van der Waals surface area contributed by atoms with E-state index in [0.29, 0.717) is 30.3 Å². The topological polar surface area (TPSA) is 173 Å². The normalized spacial score (nSPS) is 19.0. The van der Waals surface area contributed by atoms with Gasteiger partial charge in [0.25, 0.3) is 0 Å². The van der Waals surface area contributed by atoms with Gasteiger partial charge in [-0.25, -0.2) is 9.59 Å². The van der Waals surface area contributed by atoms with E-state index in [1.165, 1.54) is 114 Å². The molecular formula is C75H131N2O9-. The lowest BCUT2D eigenvalue weighted by Crippen LogP contribution is -2.38. The fourth-order valence-electron chi connectivity index (χ4n) is 12.5. The van der Waals surface area contributed by atoms with Gasteiger partial charge in [0.2, 0.25) is 0 Å². The number of nitrogens with two attached hydrogens (primary N) is 1. The van der Waals surface area contributed by atoms with Crippen LogP contribution in [0.15, 0.2) is 4.99 Å². The van der Waals surface area contributed by atoms with Crippen molar-refractivity contribution in [1.29, 1.82) is 0 Å². The summed E-state index contributed by atoms with van der Waals surface area (Å²) >= 11 is 0. The molecule has 0 radical (unpaired) electrons. The van der Waals surface area contributed by atoms with E-state index in [-0.39, 0.29) is 23.1 Å². The molecule has 0 aliphatic carbocycles. The molecule has 0 saturated carbocycles. The largest absolute Gasteiger partial charge is 0.595 e. The van der Waals surface area contributed by atoms with Crippen LogP contribution in [0, 0.1) is 88.9 Å². The Bertz CT molecular complexity index is 2380. The molecular weight excluding hydrogens is 1070 g/mol. The predicted octanol–water partition coefficient (Wildman–Crippen LogP) is 19.3. The van der Waals surface area contributed by atoms with Crippen molar-refractivity contribution in [2.45, 2.75) is 342 Å². The number of carbonyl (C=O) groups is 2. The fraction of sp³-hybridized carbons (Fsp3) is 0.800. The van der Waals surface area contributed by atoms with Gasteiger partial charge in [-0.05, 0) is 200 Å². The monoisotopic (exact) mass is 1200 g/mol. The van der Waals surface area contributed by atoms with Crippen molar-refractivity contribution < 1.29 is 43.9 Å². The lowest BCUT2D eigenvalue weighted by Gasteiger charge is -2.38. The van der Waals surface area contributed by atoms with Gasteiger partial charge >= 0.3 is 11.9 Å². The Hall–Kier alpha value is -3.99. The second kappa shape index (κ2) is 37.2. The number of hydrogen-bond acceptors (Lipinski definition) is 10. The molecule has 11 heteroatoms. The highest BCUT2D eigenvalue weighted by Crippen LogP contribution is 2.47. The molecule has 0 amide bonds. The average Bonchev–Trinajstić information content (AvgIpc) is 0.872. The van der Waals surface area contributed by atoms with Crippen molar-refractivity contribution in [1.82, 2.24) is 0 Å². The molecule has 0 bridgehead atoms. The van der Waals surface area contributed by atoms with Crippen LogP contribution >= 0.6 is 0 Å². The first-order valence-electron chi connectivity index (χ1n) is 34.4. The Labute approximate surface area is 527 Å². The van der Waals surface area contributed by atoms with Crippen LogP contribution in [0.4, 0.5) is 0 Å². The number of nitrogens with zero attached hydrogens (tertiary/aromatic N) is 1. The number of benzene rings is 2. The number of hydrogen-bond donors (Lipinski definition) is 3. The summed E-state index contributed by atoms with van der Waals surface area (Å²) in [4.78, 5) is 27.1. The number of esters is 1. The number of aliphatic imine (C=N–C) groups is 1. The summed E-state index contributed by atoms with van der Waals surface area (Å²) in [7, 11) is 0. The van der Waals surface area contributed by atoms with E-state index >= 15 is 0 Å². The minimum atomic E-state index is -1.10. The Balaban J connectivity index is 0.000000478. The summed E-state index contributed by atoms with van der Waals surface area (Å²) in [6.45, 7) is 48.9. The SMILES string of the molecule is CC(C)CC(N=C([O-])OC(C)(C)C)C(=O)O.Cc1c(C)c2c(c(C)c1O)CCC(C)(CCCC(C)CCCC(C)CCCC(C)C)O2.Cc1c(C)c2c(c(C)c1OC(=O)C(N)CC(C)C)CCC(C)(CCCC(C)CCCC(C)CCCC(C)C)O2. The van der Waals surface area contributed by atoms with Gasteiger partial charge in [0, 0.05) is 16.7 Å². The summed E-state index contributed by atoms with van der Waals surface area (Å²) in [5.74, 6) is 7.25. The smallest absolute Gasteiger partial charge is 0.328 e. The molecule has 2 aliphatic heterocycles. The summed E-state index contributed by atoms with van der Waals surface area (Å²) in [6, 6.07) is -1.62. The lowest BCUT2D eigenvalue weighted by molar-refractivity contribution is -0.261. The van der Waals surface area contributed by atoms with Crippen LogP contribution in [-0.2, 0) is 27.2 Å². The number of carboxylic acids is 1. The van der Waals surface area contributed by atoms with Crippen molar-refractivity contribution in [3.63, 3.8) is 0 Å². The highest BCUT2D eigenvalue weighted by molar-refractivity contribution is 5.79. The second-order valence-corrected chi connectivity index (χ2v) is 30.6. The van der Waals surface area contributed by atoms with Gasteiger partial charge < -0.3 is 40.0 Å². The third kappa shape index (κ3) is 28.2. The molecule has 2 aliphatic rings. The minimum Gasteiger partial charge on any atom is -0.595 e. The molecule has 0 fully saturated rings. The van der Waals surface area contributed by atoms with Gasteiger partial charge in [-0.3, -0.25) is 4.99 Å². The van der Waals surface area contributed by atoms with E-state index in [1.807, 2.05) is 34.6 Å². The van der Waals surface area contributed by atoms with E-state index in [4.69, 9.17) is 29.8 Å². The molecule has 2 aromatic carbocycles. The maximum atomic E-state index is 12.7. The van der Waals surface area contributed by atoms with Gasteiger partial charge in [0.05, 0.1) is 0 Å². The molecule has 0 spiro atoms. The first-order chi connectivity index (χ1) is 39.9. The molecule has 2 aromatic rings. The minimum absolute atomic E-state index is 0.0712. The van der Waals surface area contributed by atoms with E-state index in [9.17, 15) is 19.8 Å². The van der Waals surface area contributed by atoms with Crippen molar-refractivity contribution in [2.75, 3.05) is 0 Å². The first-order valence-corrected chi connectivity index (χ1v) is 34.4. The zero-order chi connectivity index (χ0) is 65.4. The predicted molar refractivity (Wildman–Crippen MR) is 359 cm³/mol. The van der Waals surface area contributed by atoms with Crippen molar-refractivity contribution in [2.24, 2.45) is 58.1 Å². The number of phenolic OH excluding ortho intramolecular Hbond substituents is 1. The Morgan fingerprint density at radius 3 is 1.30 bits per heavy atom.